The minimum absolute atomic E-state index is 0.116. The lowest BCUT2D eigenvalue weighted by molar-refractivity contribution is -0.137. The number of benzene rings is 1. The van der Waals surface area contributed by atoms with E-state index < -0.39 is 11.7 Å². The van der Waals surface area contributed by atoms with Gasteiger partial charge in [-0.05, 0) is 24.6 Å². The fourth-order valence-corrected chi connectivity index (χ4v) is 2.89. The molecule has 2 heterocycles. The third-order valence-electron chi connectivity index (χ3n) is 3.68. The van der Waals surface area contributed by atoms with Gasteiger partial charge in [0.05, 0.1) is 29.2 Å². The van der Waals surface area contributed by atoms with Crippen molar-refractivity contribution in [2.24, 2.45) is 0 Å². The van der Waals surface area contributed by atoms with Crippen LogP contribution in [0.2, 0.25) is 0 Å². The van der Waals surface area contributed by atoms with E-state index in [1.807, 2.05) is 4.57 Å². The summed E-state index contributed by atoms with van der Waals surface area (Å²) >= 11 is 5.78. The van der Waals surface area contributed by atoms with Crippen LogP contribution in [0.15, 0.2) is 18.2 Å². The zero-order valence-electron chi connectivity index (χ0n) is 11.2. The van der Waals surface area contributed by atoms with E-state index in [1.54, 1.807) is 0 Å². The molecule has 0 amide bonds. The first-order chi connectivity index (χ1) is 10.0. The van der Waals surface area contributed by atoms with Gasteiger partial charge in [0.2, 0.25) is 0 Å². The normalized spacial score (nSPS) is 19.5. The van der Waals surface area contributed by atoms with E-state index in [0.717, 1.165) is 24.4 Å². The highest BCUT2D eigenvalue weighted by Gasteiger charge is 2.31. The van der Waals surface area contributed by atoms with E-state index in [9.17, 15) is 13.2 Å². The summed E-state index contributed by atoms with van der Waals surface area (Å²) in [6.07, 6.45) is -3.00. The monoisotopic (exact) mass is 318 g/mol. The maximum absolute atomic E-state index is 12.8. The van der Waals surface area contributed by atoms with Crippen molar-refractivity contribution in [3.63, 3.8) is 0 Å². The lowest BCUT2D eigenvalue weighted by atomic mass is 10.2. The lowest BCUT2D eigenvalue weighted by Crippen LogP contribution is -2.13. The molecule has 1 aromatic carbocycles. The number of hydrogen-bond acceptors (Lipinski definition) is 2. The maximum Gasteiger partial charge on any atom is 0.416 e. The Morgan fingerprint density at radius 3 is 2.81 bits per heavy atom. The van der Waals surface area contributed by atoms with Gasteiger partial charge in [0.15, 0.2) is 0 Å². The molecule has 1 aliphatic heterocycles. The number of ether oxygens (including phenoxy) is 1. The summed E-state index contributed by atoms with van der Waals surface area (Å²) in [4.78, 5) is 4.34. The van der Waals surface area contributed by atoms with Gasteiger partial charge in [-0.15, -0.1) is 11.6 Å². The van der Waals surface area contributed by atoms with Gasteiger partial charge in [0.25, 0.3) is 0 Å². The summed E-state index contributed by atoms with van der Waals surface area (Å²) in [5.41, 5.74) is 0.384. The molecule has 1 fully saturated rings. The highest BCUT2D eigenvalue weighted by atomic mass is 35.5. The lowest BCUT2D eigenvalue weighted by Gasteiger charge is -2.15. The molecule has 1 atom stereocenters. The van der Waals surface area contributed by atoms with Crippen molar-refractivity contribution in [2.75, 3.05) is 19.1 Å². The molecular formula is C14H14ClF3N2O. The van der Waals surface area contributed by atoms with Crippen molar-refractivity contribution < 1.29 is 17.9 Å². The molecular weight excluding hydrogens is 305 g/mol. The Hall–Kier alpha value is -1.27. The van der Waals surface area contributed by atoms with Crippen LogP contribution in [-0.4, -0.2) is 28.6 Å². The van der Waals surface area contributed by atoms with E-state index in [-0.39, 0.29) is 6.04 Å². The van der Waals surface area contributed by atoms with Crippen molar-refractivity contribution >= 4 is 22.6 Å². The number of aryl methyl sites for hydroxylation is 1. The van der Waals surface area contributed by atoms with Crippen molar-refractivity contribution in [3.05, 3.63) is 29.6 Å². The minimum atomic E-state index is -4.36. The Morgan fingerprint density at radius 1 is 1.38 bits per heavy atom. The van der Waals surface area contributed by atoms with Crippen molar-refractivity contribution in [3.8, 4) is 0 Å². The second-order valence-corrected chi connectivity index (χ2v) is 5.43. The average molecular weight is 319 g/mol. The van der Waals surface area contributed by atoms with Gasteiger partial charge < -0.3 is 9.30 Å². The van der Waals surface area contributed by atoms with Crippen LogP contribution in [0, 0.1) is 0 Å². The van der Waals surface area contributed by atoms with Crippen LogP contribution in [0.5, 0.6) is 0 Å². The number of rotatable bonds is 3. The van der Waals surface area contributed by atoms with Crippen LogP contribution >= 0.6 is 11.6 Å². The topological polar surface area (TPSA) is 27.1 Å². The first-order valence-electron chi connectivity index (χ1n) is 6.72. The Labute approximate surface area is 124 Å². The van der Waals surface area contributed by atoms with Gasteiger partial charge >= 0.3 is 6.18 Å². The summed E-state index contributed by atoms with van der Waals surface area (Å²) in [6, 6.07) is 3.80. The first kappa shape index (κ1) is 14.7. The van der Waals surface area contributed by atoms with Crippen molar-refractivity contribution in [1.29, 1.82) is 0 Å². The van der Waals surface area contributed by atoms with E-state index >= 15 is 0 Å². The number of fused-ring (bicyclic) bond motifs is 1. The average Bonchev–Trinajstić information content (AvgIpc) is 3.03. The van der Waals surface area contributed by atoms with E-state index in [4.69, 9.17) is 16.3 Å². The predicted molar refractivity (Wildman–Crippen MR) is 73.6 cm³/mol. The van der Waals surface area contributed by atoms with Gasteiger partial charge in [-0.1, -0.05) is 0 Å². The molecule has 1 aliphatic rings. The predicted octanol–water partition coefficient (Wildman–Crippen LogP) is 3.80. The second-order valence-electron chi connectivity index (χ2n) is 5.06. The molecule has 114 valence electrons. The molecule has 1 saturated heterocycles. The molecule has 0 spiro atoms. The molecule has 21 heavy (non-hydrogen) atoms. The standard InChI is InChI=1S/C14H14ClF3N2O/c15-5-3-13-19-11-7-9(14(16,17)18)1-2-12(11)20(13)10-4-6-21-8-10/h1-2,7,10H,3-6,8H2. The zero-order chi connectivity index (χ0) is 15.0. The molecule has 0 N–H and O–H groups in total. The van der Waals surface area contributed by atoms with E-state index in [2.05, 4.69) is 4.98 Å². The fraction of sp³-hybridized carbons (Fsp3) is 0.500. The smallest absolute Gasteiger partial charge is 0.379 e. The van der Waals surface area contributed by atoms with Crippen LogP contribution < -0.4 is 0 Å². The summed E-state index contributed by atoms with van der Waals surface area (Å²) in [5.74, 6) is 1.10. The molecule has 0 radical (unpaired) electrons. The summed E-state index contributed by atoms with van der Waals surface area (Å²) in [7, 11) is 0. The van der Waals surface area contributed by atoms with Crippen molar-refractivity contribution in [2.45, 2.75) is 25.1 Å². The van der Waals surface area contributed by atoms with Crippen LogP contribution in [0.3, 0.4) is 0 Å². The number of alkyl halides is 4. The highest BCUT2D eigenvalue weighted by molar-refractivity contribution is 6.17. The minimum Gasteiger partial charge on any atom is -0.379 e. The quantitative estimate of drug-likeness (QED) is 0.805. The van der Waals surface area contributed by atoms with Gasteiger partial charge in [-0.3, -0.25) is 0 Å². The Kier molecular flexibility index (Phi) is 3.84. The van der Waals surface area contributed by atoms with Gasteiger partial charge in [-0.2, -0.15) is 13.2 Å². The van der Waals surface area contributed by atoms with Crippen LogP contribution in [0.1, 0.15) is 23.9 Å². The summed E-state index contributed by atoms with van der Waals surface area (Å²) in [6.45, 7) is 1.22. The maximum atomic E-state index is 12.8. The largest absolute Gasteiger partial charge is 0.416 e. The summed E-state index contributed by atoms with van der Waals surface area (Å²) < 4.78 is 45.7. The molecule has 2 aromatic rings. The number of nitrogens with zero attached hydrogens (tertiary/aromatic N) is 2. The van der Waals surface area contributed by atoms with E-state index in [1.165, 1.54) is 6.07 Å². The molecule has 0 saturated carbocycles. The SMILES string of the molecule is FC(F)(F)c1ccc2c(c1)nc(CCCl)n2C1CCOC1. The molecule has 0 bridgehead atoms. The molecule has 1 unspecified atom stereocenters. The third-order valence-corrected chi connectivity index (χ3v) is 3.87. The second kappa shape index (κ2) is 5.50. The number of imidazole rings is 1. The number of hydrogen-bond donors (Lipinski definition) is 0. The molecule has 7 heteroatoms. The first-order valence-corrected chi connectivity index (χ1v) is 7.26. The highest BCUT2D eigenvalue weighted by Crippen LogP contribution is 2.33. The Morgan fingerprint density at radius 2 is 2.19 bits per heavy atom. The molecule has 3 rings (SSSR count). The number of halogens is 4. The van der Waals surface area contributed by atoms with Crippen LogP contribution in [0.25, 0.3) is 11.0 Å². The van der Waals surface area contributed by atoms with Gasteiger partial charge in [0, 0.05) is 18.9 Å². The third kappa shape index (κ3) is 2.74. The van der Waals surface area contributed by atoms with Crippen LogP contribution in [-0.2, 0) is 17.3 Å². The molecule has 3 nitrogen and oxygen atoms in total. The van der Waals surface area contributed by atoms with Gasteiger partial charge in [-0.25, -0.2) is 4.98 Å². The van der Waals surface area contributed by atoms with Crippen molar-refractivity contribution in [1.82, 2.24) is 9.55 Å². The number of aromatic nitrogens is 2. The van der Waals surface area contributed by atoms with Crippen LogP contribution in [0.4, 0.5) is 13.2 Å². The Balaban J connectivity index is 2.12. The van der Waals surface area contributed by atoms with E-state index in [0.29, 0.717) is 36.5 Å². The molecule has 1 aromatic heterocycles. The Bertz CT molecular complexity index is 647. The fourth-order valence-electron chi connectivity index (χ4n) is 2.72. The van der Waals surface area contributed by atoms with Gasteiger partial charge in [0.1, 0.15) is 5.82 Å². The summed E-state index contributed by atoms with van der Waals surface area (Å²) in [5, 5.41) is 0. The molecule has 0 aliphatic carbocycles. The zero-order valence-corrected chi connectivity index (χ0v) is 11.9.